The molecule has 0 radical (unpaired) electrons. The lowest BCUT2D eigenvalue weighted by atomic mass is 9.82. The van der Waals surface area contributed by atoms with E-state index in [4.69, 9.17) is 4.74 Å². The average Bonchev–Trinajstić information content (AvgIpc) is 3.13. The van der Waals surface area contributed by atoms with Crippen LogP contribution in [-0.2, 0) is 0 Å². The van der Waals surface area contributed by atoms with Crippen molar-refractivity contribution in [3.05, 3.63) is 77.4 Å². The van der Waals surface area contributed by atoms with Crippen LogP contribution >= 0.6 is 22.6 Å². The first-order chi connectivity index (χ1) is 15.5. The Labute approximate surface area is 196 Å². The molecule has 1 atom stereocenters. The zero-order valence-electron chi connectivity index (χ0n) is 16.6. The molecule has 1 aliphatic carbocycles. The molecule has 0 bridgehead atoms. The van der Waals surface area contributed by atoms with E-state index in [9.17, 15) is 19.8 Å². The molecule has 0 amide bonds. The standard InChI is InChI=1S/C26H15IO5/c27-25(29)18-10-17-19(11-28)32-24-15(8-3-9-16(24)26(30)31)22(17)23-14-7-2-5-12-4-1-6-13(20(12)14)21(18)23/h1-10,19,28H,11H2,(H,30,31). The van der Waals surface area contributed by atoms with Gasteiger partial charge in [0, 0.05) is 50.4 Å². The first-order valence-corrected chi connectivity index (χ1v) is 11.2. The largest absolute Gasteiger partial charge is 0.482 e. The lowest BCUT2D eigenvalue weighted by molar-refractivity contribution is 0.0679. The molecule has 156 valence electrons. The summed E-state index contributed by atoms with van der Waals surface area (Å²) in [5.41, 5.74) is 6.47. The number of aromatic carboxylic acids is 1. The van der Waals surface area contributed by atoms with Crippen molar-refractivity contribution in [1.29, 1.82) is 0 Å². The molecular formula is C26H15IO5. The van der Waals surface area contributed by atoms with Gasteiger partial charge in [-0.05, 0) is 39.6 Å². The van der Waals surface area contributed by atoms with Gasteiger partial charge in [-0.2, -0.15) is 0 Å². The summed E-state index contributed by atoms with van der Waals surface area (Å²) in [7, 11) is 0. The molecule has 4 aromatic carbocycles. The number of ether oxygens (including phenoxy) is 1. The highest BCUT2D eigenvalue weighted by Gasteiger charge is 2.37. The van der Waals surface area contributed by atoms with Gasteiger partial charge in [-0.25, -0.2) is 4.79 Å². The number of rotatable bonds is 3. The Kier molecular flexibility index (Phi) is 4.18. The number of hydrogen-bond acceptors (Lipinski definition) is 4. The van der Waals surface area contributed by atoms with Crippen LogP contribution in [0.3, 0.4) is 0 Å². The molecule has 1 aliphatic heterocycles. The third kappa shape index (κ3) is 2.47. The lowest BCUT2D eigenvalue weighted by Crippen LogP contribution is -2.20. The molecule has 1 heterocycles. The van der Waals surface area contributed by atoms with Crippen LogP contribution < -0.4 is 4.74 Å². The van der Waals surface area contributed by atoms with Gasteiger partial charge in [-0.3, -0.25) is 4.79 Å². The minimum atomic E-state index is -1.09. The molecule has 0 fully saturated rings. The fourth-order valence-corrected chi connectivity index (χ4v) is 5.51. The van der Waals surface area contributed by atoms with Crippen LogP contribution in [0, 0.1) is 0 Å². The van der Waals surface area contributed by atoms with Gasteiger partial charge in [-0.1, -0.05) is 48.5 Å². The molecule has 4 aromatic rings. The number of hydrogen-bond donors (Lipinski definition) is 2. The van der Waals surface area contributed by atoms with Crippen molar-refractivity contribution in [3.8, 4) is 39.1 Å². The third-order valence-corrected chi connectivity index (χ3v) is 6.88. The predicted molar refractivity (Wildman–Crippen MR) is 130 cm³/mol. The van der Waals surface area contributed by atoms with Crippen molar-refractivity contribution < 1.29 is 24.5 Å². The minimum absolute atomic E-state index is 0.0446. The van der Waals surface area contributed by atoms with Crippen LogP contribution in [0.5, 0.6) is 5.75 Å². The summed E-state index contributed by atoms with van der Waals surface area (Å²) in [4.78, 5) is 24.7. The maximum absolute atomic E-state index is 12.8. The zero-order chi connectivity index (χ0) is 22.1. The molecule has 2 N–H and O–H groups in total. The van der Waals surface area contributed by atoms with E-state index in [1.165, 1.54) is 6.07 Å². The van der Waals surface area contributed by atoms with Gasteiger partial charge in [0.1, 0.15) is 17.4 Å². The highest BCUT2D eigenvalue weighted by atomic mass is 127. The van der Waals surface area contributed by atoms with Crippen LogP contribution in [0.4, 0.5) is 0 Å². The van der Waals surface area contributed by atoms with E-state index in [0.29, 0.717) is 16.7 Å². The number of benzene rings is 4. The molecule has 0 aromatic heterocycles. The Morgan fingerprint density at radius 3 is 2.19 bits per heavy atom. The third-order valence-electron chi connectivity index (χ3n) is 6.30. The average molecular weight is 534 g/mol. The van der Waals surface area contributed by atoms with Crippen molar-refractivity contribution >= 4 is 43.1 Å². The van der Waals surface area contributed by atoms with Gasteiger partial charge in [0.15, 0.2) is 0 Å². The van der Waals surface area contributed by atoms with Gasteiger partial charge < -0.3 is 14.9 Å². The monoisotopic (exact) mass is 534 g/mol. The number of halogens is 1. The van der Waals surface area contributed by atoms with Crippen LogP contribution in [0.25, 0.3) is 44.2 Å². The highest BCUT2D eigenvalue weighted by molar-refractivity contribution is 14.1. The zero-order valence-corrected chi connectivity index (χ0v) is 18.7. The maximum Gasteiger partial charge on any atom is 0.339 e. The van der Waals surface area contributed by atoms with E-state index < -0.39 is 12.1 Å². The molecule has 0 saturated carbocycles. The quantitative estimate of drug-likeness (QED) is 0.224. The van der Waals surface area contributed by atoms with Crippen LogP contribution in [0.2, 0.25) is 0 Å². The predicted octanol–water partition coefficient (Wildman–Crippen LogP) is 5.85. The Hall–Kier alpha value is -3.23. The lowest BCUT2D eigenvalue weighted by Gasteiger charge is -2.31. The van der Waals surface area contributed by atoms with Gasteiger partial charge in [-0.15, -0.1) is 0 Å². The van der Waals surface area contributed by atoms with Crippen LogP contribution in [-0.4, -0.2) is 26.6 Å². The molecule has 6 rings (SSSR count). The van der Waals surface area contributed by atoms with E-state index in [1.807, 2.05) is 42.5 Å². The van der Waals surface area contributed by atoms with Crippen molar-refractivity contribution in [1.82, 2.24) is 0 Å². The van der Waals surface area contributed by atoms with Crippen molar-refractivity contribution in [3.63, 3.8) is 0 Å². The van der Waals surface area contributed by atoms with E-state index in [1.54, 1.807) is 34.7 Å². The minimum Gasteiger partial charge on any atom is -0.482 e. The summed E-state index contributed by atoms with van der Waals surface area (Å²) in [5, 5.41) is 22.0. The normalized spacial score (nSPS) is 15.0. The molecule has 2 aliphatic rings. The van der Waals surface area contributed by atoms with E-state index in [0.717, 1.165) is 38.6 Å². The molecule has 1 unspecified atom stereocenters. The molecule has 6 heteroatoms. The van der Waals surface area contributed by atoms with E-state index in [-0.39, 0.29) is 21.7 Å². The van der Waals surface area contributed by atoms with Crippen molar-refractivity contribution in [2.45, 2.75) is 6.10 Å². The molecule has 0 spiro atoms. The smallest absolute Gasteiger partial charge is 0.339 e. The summed E-state index contributed by atoms with van der Waals surface area (Å²) in [6.07, 6.45) is -0.777. The molecular weight excluding hydrogens is 519 g/mol. The topological polar surface area (TPSA) is 83.8 Å². The number of para-hydroxylation sites is 1. The van der Waals surface area contributed by atoms with Crippen LogP contribution in [0.15, 0.2) is 60.7 Å². The second-order valence-corrected chi connectivity index (χ2v) is 8.88. The summed E-state index contributed by atoms with van der Waals surface area (Å²) in [6.45, 7) is -0.342. The molecule has 5 nitrogen and oxygen atoms in total. The summed E-state index contributed by atoms with van der Waals surface area (Å²) < 4.78 is 5.90. The van der Waals surface area contributed by atoms with Gasteiger partial charge >= 0.3 is 5.97 Å². The first-order valence-electron chi connectivity index (χ1n) is 10.1. The van der Waals surface area contributed by atoms with E-state index >= 15 is 0 Å². The maximum atomic E-state index is 12.8. The Morgan fingerprint density at radius 1 is 0.875 bits per heavy atom. The number of carbonyl (C=O) groups is 2. The highest BCUT2D eigenvalue weighted by Crippen LogP contribution is 2.57. The van der Waals surface area contributed by atoms with Gasteiger partial charge in [0.2, 0.25) is 3.79 Å². The van der Waals surface area contributed by atoms with Gasteiger partial charge in [0.25, 0.3) is 0 Å². The molecule has 32 heavy (non-hydrogen) atoms. The fraction of sp³-hybridized carbons (Fsp3) is 0.0769. The number of aliphatic hydroxyl groups is 1. The van der Waals surface area contributed by atoms with Crippen molar-refractivity contribution in [2.75, 3.05) is 6.61 Å². The number of carbonyl (C=O) groups excluding carboxylic acids is 1. The van der Waals surface area contributed by atoms with Crippen molar-refractivity contribution in [2.24, 2.45) is 0 Å². The Bertz CT molecular complexity index is 1500. The summed E-state index contributed by atoms with van der Waals surface area (Å²) >= 11 is 1.80. The summed E-state index contributed by atoms with van der Waals surface area (Å²) in [6, 6.07) is 18.9. The second-order valence-electron chi connectivity index (χ2n) is 7.90. The SMILES string of the molecule is O=C(O)c1cccc2c1OC(CO)c1cc(C(=O)I)c3c(c1-2)-c1cccc2cccc-3c12. The van der Waals surface area contributed by atoms with Crippen LogP contribution in [0.1, 0.15) is 32.4 Å². The molecule has 0 saturated heterocycles. The summed E-state index contributed by atoms with van der Waals surface area (Å²) in [5.74, 6) is -0.853. The second kappa shape index (κ2) is 6.88. The fourth-order valence-electron chi connectivity index (χ4n) is 5.08. The number of fused-ring (bicyclic) bond motifs is 7. The number of carboxylic acids is 1. The number of aliphatic hydroxyl groups excluding tert-OH is 1. The number of carboxylic acid groups (broad SMARTS) is 1. The first kappa shape index (κ1) is 19.5. The van der Waals surface area contributed by atoms with E-state index in [2.05, 4.69) is 0 Å². The Morgan fingerprint density at radius 2 is 1.53 bits per heavy atom. The Balaban J connectivity index is 1.83. The van der Waals surface area contributed by atoms with Gasteiger partial charge in [0.05, 0.1) is 6.61 Å².